The number of ether oxygens (including phenoxy) is 4. The van der Waals surface area contributed by atoms with Crippen LogP contribution < -0.4 is 0 Å². The molecule has 0 aromatic heterocycles. The highest BCUT2D eigenvalue weighted by Gasteiger charge is 2.25. The van der Waals surface area contributed by atoms with Gasteiger partial charge in [0, 0.05) is 12.8 Å². The summed E-state index contributed by atoms with van der Waals surface area (Å²) in [7, 11) is 5.98. The van der Waals surface area contributed by atoms with Crippen molar-refractivity contribution in [2.75, 3.05) is 47.5 Å². The number of carboxylic acid groups (broad SMARTS) is 1. The Morgan fingerprint density at radius 3 is 0.808 bits per heavy atom. The zero-order chi connectivity index (χ0) is 71.8. The minimum Gasteiger partial charge on any atom is -0.477 e. The van der Waals surface area contributed by atoms with Crippen LogP contribution in [0, 0.1) is 0 Å². The molecule has 0 fully saturated rings. The van der Waals surface area contributed by atoms with E-state index in [1.165, 1.54) is 161 Å². The molecule has 99 heavy (non-hydrogen) atoms. The Morgan fingerprint density at radius 2 is 0.545 bits per heavy atom. The fourth-order valence-corrected chi connectivity index (χ4v) is 10.9. The highest BCUT2D eigenvalue weighted by molar-refractivity contribution is 5.71. The van der Waals surface area contributed by atoms with E-state index in [0.29, 0.717) is 17.4 Å². The molecule has 0 bridgehead atoms. The van der Waals surface area contributed by atoms with Crippen molar-refractivity contribution in [2.45, 2.75) is 334 Å². The summed E-state index contributed by atoms with van der Waals surface area (Å²) in [6.07, 6.45) is 115. The quantitative estimate of drug-likeness (QED) is 0.0211. The summed E-state index contributed by atoms with van der Waals surface area (Å²) >= 11 is 0. The van der Waals surface area contributed by atoms with E-state index in [4.69, 9.17) is 18.9 Å². The van der Waals surface area contributed by atoms with Gasteiger partial charge in [-0.15, -0.1) is 0 Å². The van der Waals surface area contributed by atoms with Gasteiger partial charge < -0.3 is 28.5 Å². The predicted octanol–water partition coefficient (Wildman–Crippen LogP) is 26.1. The number of aliphatic carboxylic acids is 1. The lowest BCUT2D eigenvalue weighted by Gasteiger charge is -2.25. The van der Waals surface area contributed by atoms with Crippen LogP contribution in [0.5, 0.6) is 0 Å². The molecule has 562 valence electrons. The van der Waals surface area contributed by atoms with Crippen molar-refractivity contribution >= 4 is 17.9 Å². The van der Waals surface area contributed by atoms with E-state index in [0.717, 1.165) is 135 Å². The van der Waals surface area contributed by atoms with Gasteiger partial charge in [0.25, 0.3) is 6.29 Å². The average Bonchev–Trinajstić information content (AvgIpc) is 2.62. The summed E-state index contributed by atoms with van der Waals surface area (Å²) in [6, 6.07) is 0. The van der Waals surface area contributed by atoms with E-state index < -0.39 is 24.3 Å². The molecule has 9 nitrogen and oxygen atoms in total. The molecule has 2 atom stereocenters. The Balaban J connectivity index is 4.05. The highest BCUT2D eigenvalue weighted by Crippen LogP contribution is 2.18. The minimum absolute atomic E-state index is 0.182. The summed E-state index contributed by atoms with van der Waals surface area (Å²) in [4.78, 5) is 37.8. The lowest BCUT2D eigenvalue weighted by molar-refractivity contribution is -0.870. The summed E-state index contributed by atoms with van der Waals surface area (Å²) in [5.41, 5.74) is 0. The second-order valence-electron chi connectivity index (χ2n) is 27.6. The van der Waals surface area contributed by atoms with Crippen molar-refractivity contribution in [3.05, 3.63) is 170 Å². The number of carbonyl (C=O) groups excluding carboxylic acids is 2. The van der Waals surface area contributed by atoms with Crippen LogP contribution >= 0.6 is 0 Å². The number of quaternary nitrogens is 1. The lowest BCUT2D eigenvalue weighted by atomic mass is 10.0. The van der Waals surface area contributed by atoms with Crippen molar-refractivity contribution in [1.29, 1.82) is 0 Å². The fraction of sp³-hybridized carbons (Fsp3) is 0.656. The molecule has 0 aliphatic heterocycles. The fourth-order valence-electron chi connectivity index (χ4n) is 10.9. The zero-order valence-corrected chi connectivity index (χ0v) is 64.3. The number of unbranched alkanes of at least 4 members (excludes halogenated alkanes) is 30. The summed E-state index contributed by atoms with van der Waals surface area (Å²) in [5, 5.41) is 9.78. The van der Waals surface area contributed by atoms with Gasteiger partial charge in [-0.3, -0.25) is 9.59 Å². The number of carboxylic acids is 1. The van der Waals surface area contributed by atoms with Gasteiger partial charge in [0.2, 0.25) is 0 Å². The number of carbonyl (C=O) groups is 3. The van der Waals surface area contributed by atoms with E-state index in [2.05, 4.69) is 184 Å². The number of nitrogens with zero attached hydrogens (tertiary/aromatic N) is 1. The molecule has 0 aromatic rings. The Hall–Kier alpha value is -5.35. The molecule has 0 aliphatic rings. The molecular weight excluding hydrogens is 1220 g/mol. The molecule has 2 unspecified atom stereocenters. The first-order valence-electron chi connectivity index (χ1n) is 40.3. The Morgan fingerprint density at radius 1 is 0.303 bits per heavy atom. The average molecular weight is 1370 g/mol. The standard InChI is InChI=1S/C90H149NO8/c1-6-8-10-12-14-16-18-20-22-24-26-28-30-32-34-36-38-40-41-42-43-44-45-46-47-49-51-53-55-57-59-61-63-65-67-69-71-73-75-77-79-81-88(93)99-86(85-98-90(89(94)95)96-83-82-91(3,4)5)84-97-87(92)80-78-76-74-72-70-68-66-64-62-60-58-56-54-52-50-48-39-37-35-33-31-29-27-25-23-21-19-17-15-13-11-9-7-2/h8-11,14-17,20-23,26-29,32-35,38-40,42-43,48,52,54,86,90H,6-7,12-13,18-19,24-25,30-31,36-37,41,44-47,49-51,53,55-85H2,1-5H3/p+1/b10-8-,11-9-,16-14-,17-15-,22-20-,23-21-,28-26-,29-27-,34-32-,35-33-,40-38-,43-42-,48-39-,54-52-. The molecule has 0 amide bonds. The zero-order valence-electron chi connectivity index (χ0n) is 64.3. The second kappa shape index (κ2) is 78.4. The van der Waals surface area contributed by atoms with E-state index in [-0.39, 0.29) is 32.2 Å². The van der Waals surface area contributed by atoms with Crippen molar-refractivity contribution in [3.63, 3.8) is 0 Å². The smallest absolute Gasteiger partial charge is 0.361 e. The molecular formula is C90H150NO8+. The minimum atomic E-state index is -1.52. The number of hydrogen-bond donors (Lipinski definition) is 1. The molecule has 9 heteroatoms. The van der Waals surface area contributed by atoms with Crippen LogP contribution in [0.2, 0.25) is 0 Å². The molecule has 0 rings (SSSR count). The Labute approximate surface area is 609 Å². The van der Waals surface area contributed by atoms with Crippen molar-refractivity contribution < 1.29 is 42.9 Å². The molecule has 0 spiro atoms. The van der Waals surface area contributed by atoms with Gasteiger partial charge in [-0.1, -0.05) is 351 Å². The molecule has 0 radical (unpaired) electrons. The van der Waals surface area contributed by atoms with Crippen LogP contribution in [0.15, 0.2) is 170 Å². The van der Waals surface area contributed by atoms with Gasteiger partial charge in [0.05, 0.1) is 34.4 Å². The third-order valence-electron chi connectivity index (χ3n) is 17.0. The number of rotatable bonds is 73. The van der Waals surface area contributed by atoms with Crippen LogP contribution in [-0.4, -0.2) is 87.4 Å². The van der Waals surface area contributed by atoms with Crippen molar-refractivity contribution in [3.8, 4) is 0 Å². The molecule has 0 saturated heterocycles. The van der Waals surface area contributed by atoms with E-state index in [1.807, 2.05) is 21.1 Å². The Kier molecular flexibility index (Phi) is 74.1. The van der Waals surface area contributed by atoms with Gasteiger partial charge in [-0.2, -0.15) is 0 Å². The first-order valence-corrected chi connectivity index (χ1v) is 40.3. The maximum absolute atomic E-state index is 13.0. The SMILES string of the molecule is CC/C=C\C/C=C\C/C=C\C/C=C\C/C=C\C/C=C\C/C=C\CCCCCCCCCCCCCCCCCCCCCC(=O)OC(COC(=O)CCCCCCCCCCCCC/C=C\C/C=C\C/C=C\C/C=C\C/C=C\C/C=C\C/C=C\CC)COC(OCC[N+](C)(C)C)C(=O)O. The molecule has 0 aromatic carbocycles. The van der Waals surface area contributed by atoms with E-state index in [9.17, 15) is 19.5 Å². The third-order valence-corrected chi connectivity index (χ3v) is 17.0. The van der Waals surface area contributed by atoms with Crippen LogP contribution in [0.25, 0.3) is 0 Å². The summed E-state index contributed by atoms with van der Waals surface area (Å²) in [5.74, 6) is -2.01. The first kappa shape index (κ1) is 93.6. The monoisotopic (exact) mass is 1370 g/mol. The lowest BCUT2D eigenvalue weighted by Crippen LogP contribution is -2.40. The Bertz CT molecular complexity index is 2240. The normalized spacial score (nSPS) is 13.6. The van der Waals surface area contributed by atoms with Crippen molar-refractivity contribution in [2.24, 2.45) is 0 Å². The van der Waals surface area contributed by atoms with Gasteiger partial charge in [-0.05, 0) is 128 Å². The number of hydrogen-bond acceptors (Lipinski definition) is 7. The van der Waals surface area contributed by atoms with Crippen LogP contribution in [-0.2, 0) is 33.3 Å². The second-order valence-corrected chi connectivity index (χ2v) is 27.6. The first-order chi connectivity index (χ1) is 48.6. The molecule has 0 saturated carbocycles. The predicted molar refractivity (Wildman–Crippen MR) is 428 cm³/mol. The van der Waals surface area contributed by atoms with Gasteiger partial charge in [0.1, 0.15) is 13.2 Å². The summed E-state index contributed by atoms with van der Waals surface area (Å²) in [6.45, 7) is 4.66. The van der Waals surface area contributed by atoms with Crippen LogP contribution in [0.1, 0.15) is 322 Å². The van der Waals surface area contributed by atoms with Gasteiger partial charge in [-0.25, -0.2) is 4.79 Å². The number of likely N-dealkylation sites (N-methyl/N-ethyl adjacent to an activating group) is 1. The van der Waals surface area contributed by atoms with Crippen LogP contribution in [0.4, 0.5) is 0 Å². The van der Waals surface area contributed by atoms with Crippen molar-refractivity contribution in [1.82, 2.24) is 0 Å². The van der Waals surface area contributed by atoms with E-state index >= 15 is 0 Å². The number of allylic oxidation sites excluding steroid dienone is 28. The van der Waals surface area contributed by atoms with Gasteiger partial charge in [0.15, 0.2) is 6.10 Å². The van der Waals surface area contributed by atoms with E-state index in [1.54, 1.807) is 0 Å². The molecule has 0 heterocycles. The molecule has 1 N–H and O–H groups in total. The summed E-state index contributed by atoms with van der Waals surface area (Å²) < 4.78 is 23.0. The third kappa shape index (κ3) is 79.8. The highest BCUT2D eigenvalue weighted by atomic mass is 16.7. The number of esters is 2. The largest absolute Gasteiger partial charge is 0.477 e. The molecule has 0 aliphatic carbocycles. The maximum Gasteiger partial charge on any atom is 0.361 e. The maximum atomic E-state index is 13.0. The van der Waals surface area contributed by atoms with Gasteiger partial charge >= 0.3 is 17.9 Å². The topological polar surface area (TPSA) is 108 Å². The van der Waals surface area contributed by atoms with Crippen LogP contribution in [0.3, 0.4) is 0 Å².